The minimum atomic E-state index is -0.949. The van der Waals surface area contributed by atoms with Gasteiger partial charge in [-0.3, -0.25) is 4.79 Å². The summed E-state index contributed by atoms with van der Waals surface area (Å²) in [4.78, 5) is 23.8. The number of nitrogens with zero attached hydrogens (tertiary/aromatic N) is 1. The highest BCUT2D eigenvalue weighted by Gasteiger charge is 2.38. The third-order valence-corrected chi connectivity index (χ3v) is 2.54. The summed E-state index contributed by atoms with van der Waals surface area (Å²) < 4.78 is 5.01. The summed E-state index contributed by atoms with van der Waals surface area (Å²) in [6.45, 7) is 2.24. The molecular weight excluding hydrogens is 198 g/mol. The van der Waals surface area contributed by atoms with Gasteiger partial charge in [0.25, 0.3) is 5.91 Å². The van der Waals surface area contributed by atoms with E-state index in [9.17, 15) is 9.59 Å². The van der Waals surface area contributed by atoms with Crippen LogP contribution in [0.3, 0.4) is 0 Å². The Bertz CT molecular complexity index is 409. The first kappa shape index (κ1) is 9.76. The summed E-state index contributed by atoms with van der Waals surface area (Å²) in [5.41, 5.74) is 0.415. The van der Waals surface area contributed by atoms with Crippen LogP contribution in [0.2, 0.25) is 0 Å². The molecule has 1 aliphatic heterocycles. The molecule has 15 heavy (non-hydrogen) atoms. The molecule has 5 nitrogen and oxygen atoms in total. The van der Waals surface area contributed by atoms with Crippen molar-refractivity contribution in [3.05, 3.63) is 23.7 Å². The minimum Gasteiger partial charge on any atom is -0.480 e. The number of furan rings is 1. The number of carbonyl (C=O) groups excluding carboxylic acids is 1. The second kappa shape index (κ2) is 3.42. The number of rotatable bonds is 2. The van der Waals surface area contributed by atoms with Crippen LogP contribution in [0.15, 0.2) is 16.7 Å². The van der Waals surface area contributed by atoms with Crippen LogP contribution in [-0.4, -0.2) is 34.5 Å². The summed E-state index contributed by atoms with van der Waals surface area (Å²) in [6, 6.07) is 0.937. The quantitative estimate of drug-likeness (QED) is 0.785. The number of hydrogen-bond donors (Lipinski definition) is 1. The molecule has 2 rings (SSSR count). The van der Waals surface area contributed by atoms with Crippen LogP contribution in [-0.2, 0) is 4.79 Å². The third kappa shape index (κ3) is 1.60. The van der Waals surface area contributed by atoms with Gasteiger partial charge in [0.2, 0.25) is 0 Å². The van der Waals surface area contributed by atoms with E-state index in [2.05, 4.69) is 0 Å². The first-order valence-corrected chi connectivity index (χ1v) is 4.68. The maximum atomic E-state index is 11.8. The lowest BCUT2D eigenvalue weighted by molar-refractivity contribution is -0.146. The maximum Gasteiger partial charge on any atom is 0.326 e. The zero-order chi connectivity index (χ0) is 11.0. The van der Waals surface area contributed by atoms with Gasteiger partial charge in [-0.2, -0.15) is 0 Å². The first-order valence-electron chi connectivity index (χ1n) is 4.68. The summed E-state index contributed by atoms with van der Waals surface area (Å²) in [5.74, 6) is -0.578. The molecule has 1 atom stereocenters. The van der Waals surface area contributed by atoms with Crippen molar-refractivity contribution in [1.82, 2.24) is 4.90 Å². The number of carbonyl (C=O) groups is 2. The van der Waals surface area contributed by atoms with Gasteiger partial charge in [0.05, 0.1) is 5.56 Å². The molecular formula is C10H11NO4. The lowest BCUT2D eigenvalue weighted by atomic mass is 10.0. The Morgan fingerprint density at radius 1 is 1.60 bits per heavy atom. The van der Waals surface area contributed by atoms with Gasteiger partial charge in [0, 0.05) is 6.54 Å². The second-order valence-corrected chi connectivity index (χ2v) is 3.59. The van der Waals surface area contributed by atoms with Crippen LogP contribution in [0, 0.1) is 6.92 Å². The van der Waals surface area contributed by atoms with E-state index in [1.807, 2.05) is 0 Å². The van der Waals surface area contributed by atoms with Crippen LogP contribution in [0.1, 0.15) is 22.5 Å². The van der Waals surface area contributed by atoms with Gasteiger partial charge < -0.3 is 14.4 Å². The SMILES string of the molecule is Cc1cc(C(=O)N2CCC2C(=O)O)co1. The van der Waals surface area contributed by atoms with Crippen LogP contribution in [0.5, 0.6) is 0 Å². The average Bonchev–Trinajstić information content (AvgIpc) is 2.48. The predicted molar refractivity (Wildman–Crippen MR) is 50.5 cm³/mol. The van der Waals surface area contributed by atoms with Gasteiger partial charge in [-0.1, -0.05) is 0 Å². The van der Waals surface area contributed by atoms with Crippen LogP contribution < -0.4 is 0 Å². The van der Waals surface area contributed by atoms with Gasteiger partial charge in [-0.25, -0.2) is 4.79 Å². The van der Waals surface area contributed by atoms with Crippen molar-refractivity contribution in [1.29, 1.82) is 0 Å². The van der Waals surface area contributed by atoms with E-state index < -0.39 is 12.0 Å². The Hall–Kier alpha value is -1.78. The fraction of sp³-hybridized carbons (Fsp3) is 0.400. The lowest BCUT2D eigenvalue weighted by Gasteiger charge is -2.37. The van der Waals surface area contributed by atoms with E-state index in [1.165, 1.54) is 11.2 Å². The summed E-state index contributed by atoms with van der Waals surface area (Å²) in [7, 11) is 0. The van der Waals surface area contributed by atoms with Crippen molar-refractivity contribution in [2.75, 3.05) is 6.54 Å². The molecule has 1 saturated heterocycles. The number of carboxylic acid groups (broad SMARTS) is 1. The molecule has 0 saturated carbocycles. The Balaban J connectivity index is 2.12. The zero-order valence-corrected chi connectivity index (χ0v) is 8.27. The Labute approximate surface area is 86.3 Å². The molecule has 1 aliphatic rings. The topological polar surface area (TPSA) is 70.8 Å². The summed E-state index contributed by atoms with van der Waals surface area (Å²) in [6.07, 6.45) is 1.88. The monoisotopic (exact) mass is 209 g/mol. The van der Waals surface area contributed by atoms with Crippen molar-refractivity contribution in [2.24, 2.45) is 0 Å². The van der Waals surface area contributed by atoms with Gasteiger partial charge >= 0.3 is 5.97 Å². The van der Waals surface area contributed by atoms with E-state index in [1.54, 1.807) is 13.0 Å². The molecule has 80 valence electrons. The molecule has 1 aromatic heterocycles. The number of carboxylic acids is 1. The van der Waals surface area contributed by atoms with E-state index in [4.69, 9.17) is 9.52 Å². The number of hydrogen-bond acceptors (Lipinski definition) is 3. The number of aliphatic carboxylic acids is 1. The highest BCUT2D eigenvalue weighted by molar-refractivity contribution is 5.97. The standard InChI is InChI=1S/C10H11NO4/c1-6-4-7(5-15-6)9(12)11-3-2-8(11)10(13)14/h4-5,8H,2-3H2,1H3,(H,13,14). The van der Waals surface area contributed by atoms with Gasteiger partial charge in [0.1, 0.15) is 18.1 Å². The Kier molecular flexibility index (Phi) is 2.22. The van der Waals surface area contributed by atoms with Gasteiger partial charge in [-0.15, -0.1) is 0 Å². The fourth-order valence-corrected chi connectivity index (χ4v) is 1.61. The highest BCUT2D eigenvalue weighted by atomic mass is 16.4. The van der Waals surface area contributed by atoms with E-state index >= 15 is 0 Å². The molecule has 0 spiro atoms. The number of aryl methyl sites for hydroxylation is 1. The number of amides is 1. The Morgan fingerprint density at radius 3 is 2.73 bits per heavy atom. The molecule has 1 fully saturated rings. The van der Waals surface area contributed by atoms with Crippen LogP contribution in [0.4, 0.5) is 0 Å². The molecule has 0 aliphatic carbocycles. The molecule has 1 aromatic rings. The molecule has 1 unspecified atom stereocenters. The maximum absolute atomic E-state index is 11.8. The molecule has 1 N–H and O–H groups in total. The van der Waals surface area contributed by atoms with Crippen molar-refractivity contribution in [3.63, 3.8) is 0 Å². The Morgan fingerprint density at radius 2 is 2.33 bits per heavy atom. The molecule has 0 aromatic carbocycles. The fourth-order valence-electron chi connectivity index (χ4n) is 1.61. The lowest BCUT2D eigenvalue weighted by Crippen LogP contribution is -2.55. The molecule has 1 amide bonds. The summed E-state index contributed by atoms with van der Waals surface area (Å²) in [5, 5.41) is 8.79. The largest absolute Gasteiger partial charge is 0.480 e. The van der Waals surface area contributed by atoms with E-state index in [-0.39, 0.29) is 5.91 Å². The van der Waals surface area contributed by atoms with Crippen LogP contribution in [0.25, 0.3) is 0 Å². The minimum absolute atomic E-state index is 0.273. The zero-order valence-electron chi connectivity index (χ0n) is 8.27. The molecule has 0 radical (unpaired) electrons. The van der Waals surface area contributed by atoms with Gasteiger partial charge in [-0.05, 0) is 19.4 Å². The van der Waals surface area contributed by atoms with Crippen molar-refractivity contribution in [3.8, 4) is 0 Å². The molecule has 5 heteroatoms. The van der Waals surface area contributed by atoms with Gasteiger partial charge in [0.15, 0.2) is 0 Å². The second-order valence-electron chi connectivity index (χ2n) is 3.59. The van der Waals surface area contributed by atoms with E-state index in [0.717, 1.165) is 0 Å². The van der Waals surface area contributed by atoms with Crippen molar-refractivity contribution < 1.29 is 19.1 Å². The number of likely N-dealkylation sites (tertiary alicyclic amines) is 1. The van der Waals surface area contributed by atoms with Crippen LogP contribution >= 0.6 is 0 Å². The van der Waals surface area contributed by atoms with Crippen molar-refractivity contribution in [2.45, 2.75) is 19.4 Å². The first-order chi connectivity index (χ1) is 7.09. The molecule has 2 heterocycles. The normalized spacial score (nSPS) is 19.8. The van der Waals surface area contributed by atoms with E-state index in [0.29, 0.717) is 24.3 Å². The smallest absolute Gasteiger partial charge is 0.326 e. The average molecular weight is 209 g/mol. The third-order valence-electron chi connectivity index (χ3n) is 2.54. The predicted octanol–water partition coefficient (Wildman–Crippen LogP) is 0.887. The highest BCUT2D eigenvalue weighted by Crippen LogP contribution is 2.21. The summed E-state index contributed by atoms with van der Waals surface area (Å²) >= 11 is 0. The van der Waals surface area contributed by atoms with Crippen molar-refractivity contribution >= 4 is 11.9 Å². The molecule has 0 bridgehead atoms.